The molecule has 0 atom stereocenters. The largest absolute Gasteiger partial charge is 0.435 e. The first-order valence-electron chi connectivity index (χ1n) is 4.41. The summed E-state index contributed by atoms with van der Waals surface area (Å²) in [6.45, 7) is 9.50. The van der Waals surface area contributed by atoms with E-state index in [0.717, 1.165) is 16.9 Å². The smallest absolute Gasteiger partial charge is 0.286 e. The summed E-state index contributed by atoms with van der Waals surface area (Å²) in [7, 11) is 1.95. The number of aryl methyl sites for hydroxylation is 1. The number of fused-ring (bicyclic) bond motifs is 1. The highest BCUT2D eigenvalue weighted by Crippen LogP contribution is 2.29. The molecule has 0 N–H and O–H groups in total. The number of nitrogens with zero attached hydrogens (tertiary/aromatic N) is 2. The van der Waals surface area contributed by atoms with Crippen LogP contribution >= 0.6 is 0 Å². The van der Waals surface area contributed by atoms with Gasteiger partial charge in [-0.2, -0.15) is 0 Å². The fourth-order valence-corrected chi connectivity index (χ4v) is 1.58. The average Bonchev–Trinajstić information content (AvgIpc) is 2.16. The summed E-state index contributed by atoms with van der Waals surface area (Å²) in [6, 6.07) is 3.70. The van der Waals surface area contributed by atoms with Crippen molar-refractivity contribution >= 4 is 11.9 Å². The number of benzene rings is 1. The van der Waals surface area contributed by atoms with Crippen molar-refractivity contribution in [3.05, 3.63) is 34.7 Å². The van der Waals surface area contributed by atoms with Gasteiger partial charge >= 0.3 is 0 Å². The third-order valence-electron chi connectivity index (χ3n) is 2.19. The molecule has 0 fully saturated rings. The van der Waals surface area contributed by atoms with Crippen molar-refractivity contribution in [1.82, 2.24) is 0 Å². The number of ether oxygens (including phenoxy) is 1. The molecule has 0 aliphatic carbocycles. The van der Waals surface area contributed by atoms with Gasteiger partial charge in [-0.1, -0.05) is 0 Å². The van der Waals surface area contributed by atoms with E-state index in [1.165, 1.54) is 0 Å². The Hall–Kier alpha value is -1.82. The van der Waals surface area contributed by atoms with E-state index in [0.29, 0.717) is 12.4 Å². The highest BCUT2D eigenvalue weighted by molar-refractivity contribution is 5.83. The van der Waals surface area contributed by atoms with Gasteiger partial charge in [-0.25, -0.2) is 9.42 Å². The summed E-state index contributed by atoms with van der Waals surface area (Å²) in [5.74, 6) is 0.899. The molecule has 3 heteroatoms. The highest BCUT2D eigenvalue weighted by atomic mass is 16.5. The maximum atomic E-state index is 6.96. The molecule has 0 saturated heterocycles. The summed E-state index contributed by atoms with van der Waals surface area (Å²) in [6.07, 6.45) is 2.00. The van der Waals surface area contributed by atoms with Crippen LogP contribution in [0.2, 0.25) is 0 Å². The predicted octanol–water partition coefficient (Wildman–Crippen LogP) is 1.96. The summed E-state index contributed by atoms with van der Waals surface area (Å²) >= 11 is 0. The third-order valence-corrected chi connectivity index (χ3v) is 2.19. The van der Waals surface area contributed by atoms with Crippen LogP contribution in [0.5, 0.6) is 5.75 Å². The van der Waals surface area contributed by atoms with Crippen molar-refractivity contribution in [2.75, 3.05) is 13.8 Å². The minimum Gasteiger partial charge on any atom is -0.435 e. The lowest BCUT2D eigenvalue weighted by atomic mass is 10.1. The Labute approximate surface area is 83.1 Å². The molecule has 1 aromatic rings. The second-order valence-corrected chi connectivity index (χ2v) is 3.45. The van der Waals surface area contributed by atoms with Crippen LogP contribution in [0.4, 0.5) is 5.69 Å². The van der Waals surface area contributed by atoms with Crippen LogP contribution in [0, 0.1) is 13.5 Å². The van der Waals surface area contributed by atoms with Gasteiger partial charge in [0.25, 0.3) is 6.73 Å². The van der Waals surface area contributed by atoms with Crippen molar-refractivity contribution in [3.63, 3.8) is 0 Å². The van der Waals surface area contributed by atoms with Crippen molar-refractivity contribution in [2.24, 2.45) is 0 Å². The number of hydrogen-bond donors (Lipinski definition) is 0. The molecule has 70 valence electrons. The van der Waals surface area contributed by atoms with Gasteiger partial charge in [0.15, 0.2) is 11.9 Å². The fourth-order valence-electron chi connectivity index (χ4n) is 1.58. The molecule has 3 nitrogen and oxygen atoms in total. The molecule has 0 saturated carbocycles. The lowest BCUT2D eigenvalue weighted by molar-refractivity contribution is -0.528. The molecular weight excluding hydrogens is 176 g/mol. The molecule has 0 aromatic heterocycles. The molecule has 0 amide bonds. The molecular formula is C11H11N2O+. The van der Waals surface area contributed by atoms with E-state index in [1.54, 1.807) is 0 Å². The first-order valence-corrected chi connectivity index (χ1v) is 4.41. The first-order chi connectivity index (χ1) is 6.70. The van der Waals surface area contributed by atoms with Crippen LogP contribution in [0.1, 0.15) is 11.1 Å². The zero-order valence-electron chi connectivity index (χ0n) is 8.24. The molecule has 0 unspecified atom stereocenters. The van der Waals surface area contributed by atoms with Gasteiger partial charge < -0.3 is 4.74 Å². The molecule has 2 rings (SSSR count). The predicted molar refractivity (Wildman–Crippen MR) is 54.3 cm³/mol. The van der Waals surface area contributed by atoms with E-state index in [9.17, 15) is 0 Å². The SMILES string of the molecule is [C-]#[N+]c1cc(C)c2c(c1)C=[N+](C)CO2. The molecule has 14 heavy (non-hydrogen) atoms. The van der Waals surface area contributed by atoms with Crippen molar-refractivity contribution in [2.45, 2.75) is 6.92 Å². The Bertz CT molecular complexity index is 455. The van der Waals surface area contributed by atoms with Crippen molar-refractivity contribution in [1.29, 1.82) is 0 Å². The molecule has 0 spiro atoms. The molecule has 0 radical (unpaired) electrons. The number of rotatable bonds is 0. The summed E-state index contributed by atoms with van der Waals surface area (Å²) in [4.78, 5) is 3.42. The Balaban J connectivity index is 2.62. The zero-order valence-corrected chi connectivity index (χ0v) is 8.24. The van der Waals surface area contributed by atoms with Crippen LogP contribution < -0.4 is 4.74 Å². The maximum Gasteiger partial charge on any atom is 0.286 e. The molecule has 1 aliphatic rings. The lowest BCUT2D eigenvalue weighted by Crippen LogP contribution is -2.21. The van der Waals surface area contributed by atoms with Gasteiger partial charge in [-0.05, 0) is 24.6 Å². The van der Waals surface area contributed by atoms with Crippen molar-refractivity contribution < 1.29 is 9.31 Å². The molecule has 1 aliphatic heterocycles. The Kier molecular flexibility index (Phi) is 1.97. The molecule has 0 bridgehead atoms. The van der Waals surface area contributed by atoms with Gasteiger partial charge in [0.1, 0.15) is 12.8 Å². The standard InChI is InChI=1S/C11H11N2O/c1-8-4-10(12-2)5-9-6-13(3)7-14-11(8)9/h4-6H,7H2,1,3H3/q+1. The normalized spacial score (nSPS) is 13.6. The van der Waals surface area contributed by atoms with E-state index < -0.39 is 0 Å². The topological polar surface area (TPSA) is 16.6 Å². The quantitative estimate of drug-likeness (QED) is 0.448. The highest BCUT2D eigenvalue weighted by Gasteiger charge is 2.16. The minimum absolute atomic E-state index is 0.575. The minimum atomic E-state index is 0.575. The van der Waals surface area contributed by atoms with Crippen LogP contribution in [-0.2, 0) is 0 Å². The summed E-state index contributed by atoms with van der Waals surface area (Å²) in [5.41, 5.74) is 2.68. The average molecular weight is 187 g/mol. The lowest BCUT2D eigenvalue weighted by Gasteiger charge is -2.14. The first kappa shape index (κ1) is 8.76. The third kappa shape index (κ3) is 1.35. The monoisotopic (exact) mass is 187 g/mol. The van der Waals surface area contributed by atoms with Crippen LogP contribution in [0.15, 0.2) is 12.1 Å². The van der Waals surface area contributed by atoms with E-state index >= 15 is 0 Å². The molecule has 1 aromatic carbocycles. The van der Waals surface area contributed by atoms with Gasteiger partial charge in [0.05, 0.1) is 12.1 Å². The van der Waals surface area contributed by atoms with Crippen LogP contribution in [0.25, 0.3) is 4.85 Å². The maximum absolute atomic E-state index is 6.96. The van der Waals surface area contributed by atoms with Crippen LogP contribution in [-0.4, -0.2) is 24.6 Å². The Morgan fingerprint density at radius 2 is 2.29 bits per heavy atom. The van der Waals surface area contributed by atoms with E-state index in [1.807, 2.05) is 36.9 Å². The number of hydrogen-bond acceptors (Lipinski definition) is 1. The van der Waals surface area contributed by atoms with Crippen LogP contribution in [0.3, 0.4) is 0 Å². The fraction of sp³-hybridized carbons (Fsp3) is 0.273. The van der Waals surface area contributed by atoms with Crippen molar-refractivity contribution in [3.8, 4) is 5.75 Å². The van der Waals surface area contributed by atoms with Gasteiger partial charge in [-0.15, -0.1) is 0 Å². The zero-order chi connectivity index (χ0) is 10.1. The van der Waals surface area contributed by atoms with Gasteiger partial charge in [-0.3, -0.25) is 0 Å². The van der Waals surface area contributed by atoms with E-state index in [-0.39, 0.29) is 0 Å². The second-order valence-electron chi connectivity index (χ2n) is 3.45. The van der Waals surface area contributed by atoms with Gasteiger partial charge in [0.2, 0.25) is 0 Å². The summed E-state index contributed by atoms with van der Waals surface area (Å²) < 4.78 is 7.51. The Morgan fingerprint density at radius 1 is 1.50 bits per heavy atom. The Morgan fingerprint density at radius 3 is 3.00 bits per heavy atom. The van der Waals surface area contributed by atoms with Gasteiger partial charge in [0, 0.05) is 0 Å². The second kappa shape index (κ2) is 3.15. The van der Waals surface area contributed by atoms with E-state index in [4.69, 9.17) is 11.3 Å². The van der Waals surface area contributed by atoms with E-state index in [2.05, 4.69) is 4.85 Å². The molecule has 1 heterocycles. The summed E-state index contributed by atoms with van der Waals surface area (Å²) in [5, 5.41) is 0.